The van der Waals surface area contributed by atoms with Crippen molar-refractivity contribution in [3.63, 3.8) is 0 Å². The van der Waals surface area contributed by atoms with Gasteiger partial charge in [-0.1, -0.05) is 19.1 Å². The van der Waals surface area contributed by atoms with Crippen LogP contribution in [0, 0.1) is 0 Å². The van der Waals surface area contributed by atoms with Crippen LogP contribution in [-0.4, -0.2) is 43.4 Å². The summed E-state index contributed by atoms with van der Waals surface area (Å²) in [5.74, 6) is 1.09. The van der Waals surface area contributed by atoms with E-state index in [4.69, 9.17) is 9.15 Å². The van der Waals surface area contributed by atoms with Gasteiger partial charge in [0.2, 0.25) is 0 Å². The maximum atomic E-state index is 12.7. The van der Waals surface area contributed by atoms with Crippen molar-refractivity contribution in [3.8, 4) is 5.75 Å². The maximum absolute atomic E-state index is 12.7. The van der Waals surface area contributed by atoms with Crippen LogP contribution in [0.3, 0.4) is 0 Å². The van der Waals surface area contributed by atoms with E-state index in [1.54, 1.807) is 17.0 Å². The van der Waals surface area contributed by atoms with Crippen molar-refractivity contribution in [1.82, 2.24) is 4.90 Å². The van der Waals surface area contributed by atoms with Crippen molar-refractivity contribution in [2.75, 3.05) is 18.1 Å². The second-order valence-corrected chi connectivity index (χ2v) is 8.67. The van der Waals surface area contributed by atoms with Crippen molar-refractivity contribution in [1.29, 1.82) is 0 Å². The van der Waals surface area contributed by atoms with E-state index in [0.29, 0.717) is 17.9 Å². The number of rotatable bonds is 7. The molecule has 26 heavy (non-hydrogen) atoms. The largest absolute Gasteiger partial charge is 0.484 e. The molecular weight excluding hydrogens is 354 g/mol. The molecule has 7 heteroatoms. The summed E-state index contributed by atoms with van der Waals surface area (Å²) in [7, 11) is -3.09. The third-order valence-electron chi connectivity index (χ3n) is 4.57. The maximum Gasteiger partial charge on any atom is 0.261 e. The molecule has 1 amide bonds. The van der Waals surface area contributed by atoms with Gasteiger partial charge in [-0.15, -0.1) is 0 Å². The molecule has 2 heterocycles. The molecule has 0 spiro atoms. The molecule has 0 bridgehead atoms. The number of ether oxygens (including phenoxy) is 1. The lowest BCUT2D eigenvalue weighted by Crippen LogP contribution is -2.43. The Hall–Kier alpha value is -2.28. The number of hydrogen-bond donors (Lipinski definition) is 0. The number of amides is 1. The Labute approximate surface area is 153 Å². The number of nitrogens with zero attached hydrogens (tertiary/aromatic N) is 1. The highest BCUT2D eigenvalue weighted by atomic mass is 32.2. The minimum atomic E-state index is -3.09. The standard InChI is InChI=1S/C19H23NO5S/c1-2-15-5-7-17(8-6-15)25-13-19(21)20(12-18-4-3-10-24-18)16-9-11-26(22,23)14-16/h3-8,10,16H,2,9,11-14H2,1H3/t16-/m1/s1. The lowest BCUT2D eigenvalue weighted by Gasteiger charge is -2.27. The van der Waals surface area contributed by atoms with Crippen LogP contribution in [0.4, 0.5) is 0 Å². The number of benzene rings is 1. The molecule has 0 radical (unpaired) electrons. The van der Waals surface area contributed by atoms with Crippen LogP contribution in [0.1, 0.15) is 24.7 Å². The summed E-state index contributed by atoms with van der Waals surface area (Å²) in [4.78, 5) is 14.3. The van der Waals surface area contributed by atoms with E-state index in [9.17, 15) is 13.2 Å². The lowest BCUT2D eigenvalue weighted by molar-refractivity contribution is -0.136. The van der Waals surface area contributed by atoms with Gasteiger partial charge in [-0.2, -0.15) is 0 Å². The minimum absolute atomic E-state index is 0.00928. The van der Waals surface area contributed by atoms with Crippen LogP contribution in [0.15, 0.2) is 47.1 Å². The Morgan fingerprint density at radius 3 is 2.62 bits per heavy atom. The summed E-state index contributed by atoms with van der Waals surface area (Å²) in [5.41, 5.74) is 1.19. The van der Waals surface area contributed by atoms with E-state index in [1.807, 2.05) is 24.3 Å². The zero-order valence-electron chi connectivity index (χ0n) is 14.8. The Kier molecular flexibility index (Phi) is 5.66. The summed E-state index contributed by atoms with van der Waals surface area (Å²) >= 11 is 0. The molecule has 0 unspecified atom stereocenters. The van der Waals surface area contributed by atoms with Gasteiger partial charge in [0, 0.05) is 6.04 Å². The third-order valence-corrected chi connectivity index (χ3v) is 6.32. The van der Waals surface area contributed by atoms with E-state index in [2.05, 4.69) is 6.92 Å². The number of sulfone groups is 1. The van der Waals surface area contributed by atoms with Crippen LogP contribution in [0.25, 0.3) is 0 Å². The highest BCUT2D eigenvalue weighted by molar-refractivity contribution is 7.91. The third kappa shape index (κ3) is 4.66. The van der Waals surface area contributed by atoms with Gasteiger partial charge in [0.15, 0.2) is 16.4 Å². The van der Waals surface area contributed by atoms with Gasteiger partial charge in [-0.05, 0) is 42.7 Å². The normalized spacial score (nSPS) is 18.6. The number of carbonyl (C=O) groups excluding carboxylic acids is 1. The van der Waals surface area contributed by atoms with Crippen LogP contribution >= 0.6 is 0 Å². The van der Waals surface area contributed by atoms with Crippen molar-refractivity contribution in [3.05, 3.63) is 54.0 Å². The highest BCUT2D eigenvalue weighted by Crippen LogP contribution is 2.21. The summed E-state index contributed by atoms with van der Waals surface area (Å²) in [6.07, 6.45) is 2.92. The Morgan fingerprint density at radius 2 is 2.04 bits per heavy atom. The molecule has 1 aliphatic heterocycles. The summed E-state index contributed by atoms with van der Waals surface area (Å²) in [6, 6.07) is 10.8. The SMILES string of the molecule is CCc1ccc(OCC(=O)N(Cc2ccco2)[C@@H]2CCS(=O)(=O)C2)cc1. The first-order chi connectivity index (χ1) is 12.5. The number of aryl methyl sites for hydroxylation is 1. The smallest absolute Gasteiger partial charge is 0.261 e. The number of carbonyl (C=O) groups is 1. The molecule has 1 aromatic heterocycles. The molecule has 3 rings (SSSR count). The average Bonchev–Trinajstić information content (AvgIpc) is 3.27. The fourth-order valence-corrected chi connectivity index (χ4v) is 4.79. The first kappa shape index (κ1) is 18.5. The Bertz CT molecular complexity index is 827. The van der Waals surface area contributed by atoms with Crippen molar-refractivity contribution < 1.29 is 22.4 Å². The van der Waals surface area contributed by atoms with Crippen molar-refractivity contribution >= 4 is 15.7 Å². The Balaban J connectivity index is 1.67. The van der Waals surface area contributed by atoms with Gasteiger partial charge in [0.1, 0.15) is 11.5 Å². The van der Waals surface area contributed by atoms with E-state index in [1.165, 1.54) is 11.8 Å². The fraction of sp³-hybridized carbons (Fsp3) is 0.421. The van der Waals surface area contributed by atoms with E-state index >= 15 is 0 Å². The van der Waals surface area contributed by atoms with Crippen molar-refractivity contribution in [2.24, 2.45) is 0 Å². The number of hydrogen-bond acceptors (Lipinski definition) is 5. The summed E-state index contributed by atoms with van der Waals surface area (Å²) in [6.45, 7) is 2.18. The number of furan rings is 1. The summed E-state index contributed by atoms with van der Waals surface area (Å²) in [5, 5.41) is 0. The second kappa shape index (κ2) is 7.95. The topological polar surface area (TPSA) is 76.8 Å². The Morgan fingerprint density at radius 1 is 1.27 bits per heavy atom. The van der Waals surface area contributed by atoms with Crippen LogP contribution in [-0.2, 0) is 27.6 Å². The molecule has 1 saturated heterocycles. The minimum Gasteiger partial charge on any atom is -0.484 e. The monoisotopic (exact) mass is 377 g/mol. The van der Waals surface area contributed by atoms with Crippen LogP contribution < -0.4 is 4.74 Å². The molecule has 6 nitrogen and oxygen atoms in total. The first-order valence-electron chi connectivity index (χ1n) is 8.71. The van der Waals surface area contributed by atoms with Gasteiger partial charge in [0.25, 0.3) is 5.91 Å². The predicted octanol–water partition coefficient (Wildman–Crippen LogP) is 2.44. The zero-order chi connectivity index (χ0) is 18.6. The van der Waals surface area contributed by atoms with Crippen LogP contribution in [0.2, 0.25) is 0 Å². The molecular formula is C19H23NO5S. The molecule has 0 N–H and O–H groups in total. The molecule has 1 fully saturated rings. The van der Waals surface area contributed by atoms with E-state index in [0.717, 1.165) is 6.42 Å². The molecule has 1 aromatic carbocycles. The fourth-order valence-electron chi connectivity index (χ4n) is 3.06. The lowest BCUT2D eigenvalue weighted by atomic mass is 10.2. The molecule has 2 aromatic rings. The van der Waals surface area contributed by atoms with Crippen molar-refractivity contribution in [2.45, 2.75) is 32.4 Å². The second-order valence-electron chi connectivity index (χ2n) is 6.44. The van der Waals surface area contributed by atoms with Gasteiger partial charge in [0.05, 0.1) is 24.3 Å². The zero-order valence-corrected chi connectivity index (χ0v) is 15.6. The molecule has 1 atom stereocenters. The van der Waals surface area contributed by atoms with Gasteiger partial charge in [-0.25, -0.2) is 8.42 Å². The van der Waals surface area contributed by atoms with E-state index < -0.39 is 9.84 Å². The highest BCUT2D eigenvalue weighted by Gasteiger charge is 2.35. The van der Waals surface area contributed by atoms with Crippen LogP contribution in [0.5, 0.6) is 5.75 Å². The van der Waals surface area contributed by atoms with Gasteiger partial charge >= 0.3 is 0 Å². The molecule has 0 aliphatic carbocycles. The summed E-state index contributed by atoms with van der Waals surface area (Å²) < 4.78 is 34.6. The van der Waals surface area contributed by atoms with Gasteiger partial charge in [-0.3, -0.25) is 4.79 Å². The quantitative estimate of drug-likeness (QED) is 0.741. The molecule has 140 valence electrons. The first-order valence-corrected chi connectivity index (χ1v) is 10.5. The molecule has 1 aliphatic rings. The van der Waals surface area contributed by atoms with E-state index in [-0.39, 0.29) is 36.6 Å². The average molecular weight is 377 g/mol. The molecule has 0 saturated carbocycles. The van der Waals surface area contributed by atoms with Gasteiger partial charge < -0.3 is 14.1 Å². The predicted molar refractivity (Wildman–Crippen MR) is 97.6 cm³/mol.